The second-order valence-corrected chi connectivity index (χ2v) is 5.44. The summed E-state index contributed by atoms with van der Waals surface area (Å²) in [5.41, 5.74) is 4.70. The molecule has 0 aliphatic rings. The maximum Gasteiger partial charge on any atom is 0.240 e. The van der Waals surface area contributed by atoms with Gasteiger partial charge in [-0.3, -0.25) is 4.79 Å². The van der Waals surface area contributed by atoms with Gasteiger partial charge in [0.15, 0.2) is 0 Å². The van der Waals surface area contributed by atoms with Gasteiger partial charge in [0, 0.05) is 26.2 Å². The molecule has 0 aliphatic heterocycles. The monoisotopic (exact) mass is 289 g/mol. The molecule has 0 saturated heterocycles. The number of amides is 1. The SMILES string of the molecule is CCCCCCCC(=O)NN=Cc1ccc(N(C)C)cc1. The molecule has 0 spiro atoms. The lowest BCUT2D eigenvalue weighted by Crippen LogP contribution is -2.16. The van der Waals surface area contributed by atoms with Gasteiger partial charge in [0.25, 0.3) is 0 Å². The zero-order valence-electron chi connectivity index (χ0n) is 13.4. The lowest BCUT2D eigenvalue weighted by atomic mass is 10.1. The minimum absolute atomic E-state index is 0.00680. The van der Waals surface area contributed by atoms with Gasteiger partial charge in [0.1, 0.15) is 0 Å². The number of anilines is 1. The first-order valence-electron chi connectivity index (χ1n) is 7.72. The third-order valence-corrected chi connectivity index (χ3v) is 3.32. The van der Waals surface area contributed by atoms with Crippen molar-refractivity contribution in [3.63, 3.8) is 0 Å². The highest BCUT2D eigenvalue weighted by Gasteiger charge is 1.99. The number of unbranched alkanes of at least 4 members (excludes halogenated alkanes) is 4. The number of hydrogen-bond acceptors (Lipinski definition) is 3. The topological polar surface area (TPSA) is 44.7 Å². The van der Waals surface area contributed by atoms with Gasteiger partial charge in [-0.2, -0.15) is 5.10 Å². The summed E-state index contributed by atoms with van der Waals surface area (Å²) in [6.45, 7) is 2.19. The first-order chi connectivity index (χ1) is 10.1. The summed E-state index contributed by atoms with van der Waals surface area (Å²) in [5.74, 6) is -0.00680. The Kier molecular flexibility index (Phi) is 8.17. The van der Waals surface area contributed by atoms with Gasteiger partial charge in [-0.15, -0.1) is 0 Å². The Hall–Kier alpha value is -1.84. The number of benzene rings is 1. The zero-order valence-corrected chi connectivity index (χ0v) is 13.4. The molecule has 0 bridgehead atoms. The van der Waals surface area contributed by atoms with Crippen LogP contribution in [-0.4, -0.2) is 26.2 Å². The molecule has 0 saturated carbocycles. The second-order valence-electron chi connectivity index (χ2n) is 5.44. The number of nitrogens with zero attached hydrogens (tertiary/aromatic N) is 2. The van der Waals surface area contributed by atoms with E-state index in [0.717, 1.165) is 24.1 Å². The van der Waals surface area contributed by atoms with Crippen molar-refractivity contribution in [1.82, 2.24) is 5.43 Å². The summed E-state index contributed by atoms with van der Waals surface area (Å²) in [6, 6.07) is 8.01. The Bertz CT molecular complexity index is 438. The van der Waals surface area contributed by atoms with Crippen LogP contribution < -0.4 is 10.3 Å². The molecule has 0 heterocycles. The van der Waals surface area contributed by atoms with Gasteiger partial charge in [-0.1, -0.05) is 44.7 Å². The van der Waals surface area contributed by atoms with Crippen LogP contribution >= 0.6 is 0 Å². The van der Waals surface area contributed by atoms with Crippen molar-refractivity contribution in [2.24, 2.45) is 5.10 Å². The Labute approximate surface area is 128 Å². The number of carbonyl (C=O) groups excluding carboxylic acids is 1. The molecule has 0 aromatic heterocycles. The largest absolute Gasteiger partial charge is 0.378 e. The van der Waals surface area contributed by atoms with E-state index in [1.54, 1.807) is 6.21 Å². The van der Waals surface area contributed by atoms with Crippen LogP contribution in [0.25, 0.3) is 0 Å². The Balaban J connectivity index is 2.25. The predicted octanol–water partition coefficient (Wildman–Crippen LogP) is 3.56. The van der Waals surface area contributed by atoms with Crippen LogP contribution in [0.5, 0.6) is 0 Å². The summed E-state index contributed by atoms with van der Waals surface area (Å²) >= 11 is 0. The van der Waals surface area contributed by atoms with E-state index in [4.69, 9.17) is 0 Å². The maximum absolute atomic E-state index is 11.6. The first kappa shape index (κ1) is 17.2. The van der Waals surface area contributed by atoms with Crippen LogP contribution in [-0.2, 0) is 4.79 Å². The van der Waals surface area contributed by atoms with E-state index in [0.29, 0.717) is 6.42 Å². The molecule has 0 radical (unpaired) electrons. The second kappa shape index (κ2) is 9.97. The normalized spacial score (nSPS) is 10.8. The average Bonchev–Trinajstić information content (AvgIpc) is 2.47. The molecular weight excluding hydrogens is 262 g/mol. The molecule has 0 unspecified atom stereocenters. The van der Waals surface area contributed by atoms with E-state index in [9.17, 15) is 4.79 Å². The fraction of sp³-hybridized carbons (Fsp3) is 0.529. The summed E-state index contributed by atoms with van der Waals surface area (Å²) in [5, 5.41) is 3.99. The van der Waals surface area contributed by atoms with Crippen LogP contribution in [0.1, 0.15) is 51.0 Å². The molecule has 116 valence electrons. The van der Waals surface area contributed by atoms with Gasteiger partial charge in [-0.25, -0.2) is 5.43 Å². The average molecular weight is 289 g/mol. The van der Waals surface area contributed by atoms with Crippen molar-refractivity contribution in [2.75, 3.05) is 19.0 Å². The van der Waals surface area contributed by atoms with Crippen LogP contribution in [0.3, 0.4) is 0 Å². The Morgan fingerprint density at radius 1 is 1.14 bits per heavy atom. The number of rotatable bonds is 9. The molecule has 4 nitrogen and oxygen atoms in total. The molecule has 1 aromatic carbocycles. The van der Waals surface area contributed by atoms with E-state index in [1.807, 2.05) is 43.3 Å². The molecule has 21 heavy (non-hydrogen) atoms. The standard InChI is InChI=1S/C17H27N3O/c1-4-5-6-7-8-9-17(21)19-18-14-15-10-12-16(13-11-15)20(2)3/h10-14H,4-9H2,1-3H3,(H,19,21). The molecule has 0 fully saturated rings. The summed E-state index contributed by atoms with van der Waals surface area (Å²) in [6.07, 6.45) is 7.99. The number of carbonyl (C=O) groups is 1. The summed E-state index contributed by atoms with van der Waals surface area (Å²) in [7, 11) is 4.01. The van der Waals surface area contributed by atoms with Gasteiger partial charge >= 0.3 is 0 Å². The van der Waals surface area contributed by atoms with Gasteiger partial charge in [-0.05, 0) is 24.1 Å². The third-order valence-electron chi connectivity index (χ3n) is 3.32. The van der Waals surface area contributed by atoms with Crippen molar-refractivity contribution in [3.8, 4) is 0 Å². The quantitative estimate of drug-likeness (QED) is 0.429. The fourth-order valence-corrected chi connectivity index (χ4v) is 1.98. The number of hydrogen-bond donors (Lipinski definition) is 1. The maximum atomic E-state index is 11.6. The third kappa shape index (κ3) is 7.49. The van der Waals surface area contributed by atoms with Crippen LogP contribution in [0.4, 0.5) is 5.69 Å². The zero-order chi connectivity index (χ0) is 15.5. The van der Waals surface area contributed by atoms with Gasteiger partial charge < -0.3 is 4.90 Å². The summed E-state index contributed by atoms with van der Waals surface area (Å²) < 4.78 is 0. The number of hydrazone groups is 1. The predicted molar refractivity (Wildman–Crippen MR) is 89.9 cm³/mol. The minimum Gasteiger partial charge on any atom is -0.378 e. The molecule has 0 aliphatic carbocycles. The van der Waals surface area contributed by atoms with Crippen molar-refractivity contribution in [3.05, 3.63) is 29.8 Å². The van der Waals surface area contributed by atoms with E-state index >= 15 is 0 Å². The molecule has 1 amide bonds. The molecule has 1 aromatic rings. The Morgan fingerprint density at radius 3 is 2.43 bits per heavy atom. The van der Waals surface area contributed by atoms with Gasteiger partial charge in [0.2, 0.25) is 5.91 Å². The smallest absolute Gasteiger partial charge is 0.240 e. The lowest BCUT2D eigenvalue weighted by molar-refractivity contribution is -0.121. The highest BCUT2D eigenvalue weighted by molar-refractivity contribution is 5.82. The van der Waals surface area contributed by atoms with Crippen LogP contribution in [0.15, 0.2) is 29.4 Å². The number of nitrogens with one attached hydrogen (secondary N) is 1. The minimum atomic E-state index is -0.00680. The highest BCUT2D eigenvalue weighted by Crippen LogP contribution is 2.10. The van der Waals surface area contributed by atoms with Crippen LogP contribution in [0, 0.1) is 0 Å². The lowest BCUT2D eigenvalue weighted by Gasteiger charge is -2.11. The van der Waals surface area contributed by atoms with Crippen molar-refractivity contribution < 1.29 is 4.79 Å². The van der Waals surface area contributed by atoms with Gasteiger partial charge in [0.05, 0.1) is 6.21 Å². The fourth-order valence-electron chi connectivity index (χ4n) is 1.98. The molecule has 0 atom stereocenters. The van der Waals surface area contributed by atoms with E-state index in [2.05, 4.69) is 17.5 Å². The van der Waals surface area contributed by atoms with E-state index < -0.39 is 0 Å². The highest BCUT2D eigenvalue weighted by atomic mass is 16.2. The van der Waals surface area contributed by atoms with E-state index in [1.165, 1.54) is 19.3 Å². The molecule has 4 heteroatoms. The first-order valence-corrected chi connectivity index (χ1v) is 7.72. The van der Waals surface area contributed by atoms with Crippen LogP contribution in [0.2, 0.25) is 0 Å². The Morgan fingerprint density at radius 2 is 1.81 bits per heavy atom. The van der Waals surface area contributed by atoms with Crippen molar-refractivity contribution in [2.45, 2.75) is 45.4 Å². The van der Waals surface area contributed by atoms with Crippen molar-refractivity contribution >= 4 is 17.8 Å². The molecule has 1 rings (SSSR count). The van der Waals surface area contributed by atoms with Crippen molar-refractivity contribution in [1.29, 1.82) is 0 Å². The molecule has 1 N–H and O–H groups in total. The summed E-state index contributed by atoms with van der Waals surface area (Å²) in [4.78, 5) is 13.6. The van der Waals surface area contributed by atoms with E-state index in [-0.39, 0.29) is 5.91 Å². The molecular formula is C17H27N3O.